The van der Waals surface area contributed by atoms with Gasteiger partial charge in [-0.05, 0) is 37.1 Å². The van der Waals surface area contributed by atoms with E-state index in [0.29, 0.717) is 12.8 Å². The summed E-state index contributed by atoms with van der Waals surface area (Å²) in [5.41, 5.74) is 1.17. The first-order valence-corrected chi connectivity index (χ1v) is 5.68. The Bertz CT molecular complexity index is 321. The van der Waals surface area contributed by atoms with Crippen LogP contribution in [0.1, 0.15) is 24.4 Å². The van der Waals surface area contributed by atoms with Crippen molar-refractivity contribution >= 4 is 28.3 Å². The van der Waals surface area contributed by atoms with Gasteiger partial charge < -0.3 is 5.32 Å². The number of piperidine rings is 1. The summed E-state index contributed by atoms with van der Waals surface area (Å²) in [6, 6.07) is 8.24. The number of nitrogens with one attached hydrogen (secondary N) is 1. The Morgan fingerprint density at radius 3 is 2.87 bits per heavy atom. The van der Waals surface area contributed by atoms with Crippen LogP contribution in [0.25, 0.3) is 0 Å². The van der Waals surface area contributed by atoms with E-state index in [2.05, 4.69) is 27.3 Å². The lowest BCUT2D eigenvalue weighted by molar-refractivity contribution is 0.224. The molecule has 0 radical (unpaired) electrons. The van der Waals surface area contributed by atoms with E-state index in [1.807, 2.05) is 18.2 Å². The highest BCUT2D eigenvalue weighted by atomic mass is 79.9. The van der Waals surface area contributed by atoms with Gasteiger partial charge in [0.1, 0.15) is 6.17 Å². The minimum absolute atomic E-state index is 0. The molecule has 2 atom stereocenters. The van der Waals surface area contributed by atoms with Crippen molar-refractivity contribution in [3.63, 3.8) is 0 Å². The van der Waals surface area contributed by atoms with Crippen molar-refractivity contribution in [3.8, 4) is 0 Å². The van der Waals surface area contributed by atoms with Crippen LogP contribution in [0.5, 0.6) is 0 Å². The molecule has 1 aromatic carbocycles. The van der Waals surface area contributed by atoms with E-state index in [4.69, 9.17) is 0 Å². The molecule has 1 heterocycles. The SMILES string of the molecule is Cl.FC1CCNC(c2cccc(Br)c2)C1. The van der Waals surface area contributed by atoms with Crippen molar-refractivity contribution in [2.45, 2.75) is 25.1 Å². The van der Waals surface area contributed by atoms with Gasteiger partial charge in [0, 0.05) is 10.5 Å². The molecule has 15 heavy (non-hydrogen) atoms. The molecule has 1 nitrogen and oxygen atoms in total. The molecule has 0 bridgehead atoms. The molecule has 1 saturated heterocycles. The molecule has 0 aliphatic carbocycles. The lowest BCUT2D eigenvalue weighted by atomic mass is 9.96. The fourth-order valence-corrected chi connectivity index (χ4v) is 2.27. The molecule has 1 fully saturated rings. The van der Waals surface area contributed by atoms with Crippen LogP contribution < -0.4 is 5.32 Å². The Kier molecular flexibility index (Phi) is 5.03. The largest absolute Gasteiger partial charge is 0.310 e. The molecule has 2 rings (SSSR count). The predicted molar refractivity (Wildman–Crippen MR) is 66.3 cm³/mol. The van der Waals surface area contributed by atoms with Crippen molar-refractivity contribution in [3.05, 3.63) is 34.3 Å². The van der Waals surface area contributed by atoms with E-state index < -0.39 is 6.17 Å². The van der Waals surface area contributed by atoms with E-state index in [1.165, 1.54) is 5.56 Å². The highest BCUT2D eigenvalue weighted by molar-refractivity contribution is 9.10. The Morgan fingerprint density at radius 2 is 2.20 bits per heavy atom. The zero-order valence-electron chi connectivity index (χ0n) is 8.25. The summed E-state index contributed by atoms with van der Waals surface area (Å²) in [4.78, 5) is 0. The molecule has 0 spiro atoms. The van der Waals surface area contributed by atoms with Crippen LogP contribution in [0.2, 0.25) is 0 Å². The molecule has 0 aromatic heterocycles. The van der Waals surface area contributed by atoms with Crippen molar-refractivity contribution in [1.29, 1.82) is 0 Å². The number of alkyl halides is 1. The van der Waals surface area contributed by atoms with Crippen molar-refractivity contribution in [2.75, 3.05) is 6.54 Å². The van der Waals surface area contributed by atoms with Crippen LogP contribution in [0, 0.1) is 0 Å². The molecular weight excluding hydrogens is 280 g/mol. The smallest absolute Gasteiger partial charge is 0.103 e. The molecule has 0 amide bonds. The molecule has 1 aliphatic rings. The maximum atomic E-state index is 13.2. The normalized spacial score (nSPS) is 25.7. The van der Waals surface area contributed by atoms with E-state index in [1.54, 1.807) is 0 Å². The van der Waals surface area contributed by atoms with Gasteiger partial charge in [0.15, 0.2) is 0 Å². The number of halogens is 3. The molecule has 1 aromatic rings. The van der Waals surface area contributed by atoms with E-state index in [-0.39, 0.29) is 18.4 Å². The Morgan fingerprint density at radius 1 is 1.40 bits per heavy atom. The number of benzene rings is 1. The highest BCUT2D eigenvalue weighted by Gasteiger charge is 2.21. The molecule has 4 heteroatoms. The summed E-state index contributed by atoms with van der Waals surface area (Å²) in [6.07, 6.45) is 0.584. The second-order valence-electron chi connectivity index (χ2n) is 3.68. The van der Waals surface area contributed by atoms with E-state index >= 15 is 0 Å². The minimum Gasteiger partial charge on any atom is -0.310 e. The van der Waals surface area contributed by atoms with Crippen LogP contribution >= 0.6 is 28.3 Å². The van der Waals surface area contributed by atoms with Gasteiger partial charge in [-0.15, -0.1) is 12.4 Å². The van der Waals surface area contributed by atoms with E-state index in [9.17, 15) is 4.39 Å². The standard InChI is InChI=1S/C11H13BrFN.ClH/c12-9-3-1-2-8(6-9)11-7-10(13)4-5-14-11;/h1-3,6,10-11,14H,4-5,7H2;1H. The van der Waals surface area contributed by atoms with Gasteiger partial charge in [-0.1, -0.05) is 28.1 Å². The zero-order chi connectivity index (χ0) is 9.97. The van der Waals surface area contributed by atoms with Crippen LogP contribution in [-0.2, 0) is 0 Å². The fourth-order valence-electron chi connectivity index (χ4n) is 1.85. The van der Waals surface area contributed by atoms with Gasteiger partial charge in [-0.2, -0.15) is 0 Å². The lowest BCUT2D eigenvalue weighted by Crippen LogP contribution is -2.32. The summed E-state index contributed by atoms with van der Waals surface area (Å²) >= 11 is 3.42. The number of hydrogen-bond donors (Lipinski definition) is 1. The summed E-state index contributed by atoms with van der Waals surface area (Å²) in [6.45, 7) is 0.776. The molecule has 0 saturated carbocycles. The van der Waals surface area contributed by atoms with Crippen molar-refractivity contribution in [1.82, 2.24) is 5.32 Å². The predicted octanol–water partition coefficient (Wildman–Crippen LogP) is 3.63. The van der Waals surface area contributed by atoms with E-state index in [0.717, 1.165) is 11.0 Å². The van der Waals surface area contributed by atoms with Crippen LogP contribution in [0.3, 0.4) is 0 Å². The lowest BCUT2D eigenvalue weighted by Gasteiger charge is -2.26. The molecule has 2 unspecified atom stereocenters. The first kappa shape index (κ1) is 12.9. The molecule has 1 N–H and O–H groups in total. The zero-order valence-corrected chi connectivity index (χ0v) is 10.7. The Labute approximate surface area is 104 Å². The van der Waals surface area contributed by atoms with Gasteiger partial charge in [0.2, 0.25) is 0 Å². The van der Waals surface area contributed by atoms with Gasteiger partial charge in [0.25, 0.3) is 0 Å². The first-order chi connectivity index (χ1) is 6.75. The summed E-state index contributed by atoms with van der Waals surface area (Å²) in [5, 5.41) is 3.33. The minimum atomic E-state index is -0.653. The maximum absolute atomic E-state index is 13.2. The third kappa shape index (κ3) is 3.44. The van der Waals surface area contributed by atoms with Gasteiger partial charge >= 0.3 is 0 Å². The summed E-state index contributed by atoms with van der Waals surface area (Å²) in [7, 11) is 0. The van der Waals surface area contributed by atoms with Crippen molar-refractivity contribution < 1.29 is 4.39 Å². The van der Waals surface area contributed by atoms with Crippen molar-refractivity contribution in [2.24, 2.45) is 0 Å². The Balaban J connectivity index is 0.00000112. The number of hydrogen-bond acceptors (Lipinski definition) is 1. The monoisotopic (exact) mass is 293 g/mol. The topological polar surface area (TPSA) is 12.0 Å². The highest BCUT2D eigenvalue weighted by Crippen LogP contribution is 2.26. The fraction of sp³-hybridized carbons (Fsp3) is 0.455. The summed E-state index contributed by atoms with van der Waals surface area (Å²) < 4.78 is 14.2. The molecule has 84 valence electrons. The second-order valence-corrected chi connectivity index (χ2v) is 4.60. The molecule has 1 aliphatic heterocycles. The van der Waals surface area contributed by atoms with Gasteiger partial charge in [-0.25, -0.2) is 4.39 Å². The summed E-state index contributed by atoms with van der Waals surface area (Å²) in [5.74, 6) is 0. The average molecular weight is 295 g/mol. The van der Waals surface area contributed by atoms with Gasteiger partial charge in [-0.3, -0.25) is 0 Å². The second kappa shape index (κ2) is 5.83. The third-order valence-corrected chi connectivity index (χ3v) is 3.08. The van der Waals surface area contributed by atoms with Crippen LogP contribution in [0.4, 0.5) is 4.39 Å². The third-order valence-electron chi connectivity index (χ3n) is 2.59. The average Bonchev–Trinajstić information content (AvgIpc) is 2.18. The first-order valence-electron chi connectivity index (χ1n) is 4.88. The number of rotatable bonds is 1. The van der Waals surface area contributed by atoms with Gasteiger partial charge in [0.05, 0.1) is 0 Å². The Hall–Kier alpha value is -0.120. The van der Waals surface area contributed by atoms with Crippen LogP contribution in [-0.4, -0.2) is 12.7 Å². The quantitative estimate of drug-likeness (QED) is 0.834. The maximum Gasteiger partial charge on any atom is 0.103 e. The molecular formula is C11H14BrClFN. The van der Waals surface area contributed by atoms with Crippen LogP contribution in [0.15, 0.2) is 28.7 Å².